The van der Waals surface area contributed by atoms with Gasteiger partial charge in [0.05, 0.1) is 40.3 Å². The SMILES string of the molecule is [2H]c1c([2H])c([2H])c(-c2cc(-c3cc(C(C)(C)C)cc(C(C)(C)C)c3)c(-[n+]3[c-]n(-c4cccc(Oc5ccc6c7ccccc7n(-c7cc(C(C)(C)C)ccn7)c6c5)c4)c4cc(-c5c(C([2H])([2H])[2H])cccc5C([2H])([2H])[2H])ccc43)c(-c3cc(C(C)(C)C)cc(C(C)(C)C)c3)c2)c([2H])c1[2H]. The van der Waals surface area contributed by atoms with Gasteiger partial charge in [0.1, 0.15) is 17.3 Å². The highest BCUT2D eigenvalue weighted by molar-refractivity contribution is 6.09. The Kier molecular flexibility index (Phi) is 11.5. The fourth-order valence-electron chi connectivity index (χ4n) is 11.7. The van der Waals surface area contributed by atoms with Crippen LogP contribution in [0.2, 0.25) is 0 Å². The lowest BCUT2D eigenvalue weighted by Gasteiger charge is -2.28. The number of rotatable bonds is 9. The van der Waals surface area contributed by atoms with Gasteiger partial charge in [-0.2, -0.15) is 0 Å². The number of pyridine rings is 1. The molecule has 438 valence electrons. The Balaban J connectivity index is 1.20. The van der Waals surface area contributed by atoms with E-state index in [4.69, 9.17) is 22.1 Å². The van der Waals surface area contributed by atoms with Gasteiger partial charge in [0, 0.05) is 31.3 Å². The number of fused-ring (bicyclic) bond motifs is 4. The molecule has 0 fully saturated rings. The van der Waals surface area contributed by atoms with Crippen molar-refractivity contribution in [1.82, 2.24) is 14.1 Å². The van der Waals surface area contributed by atoms with Crippen LogP contribution in [0.1, 0.15) is 158 Å². The Morgan fingerprint density at radius 3 is 1.60 bits per heavy atom. The molecule has 0 aliphatic heterocycles. The Hall–Kier alpha value is -8.80. The summed E-state index contributed by atoms with van der Waals surface area (Å²) in [6.07, 6.45) is 5.71. The van der Waals surface area contributed by atoms with Crippen LogP contribution >= 0.6 is 0 Å². The first-order chi connectivity index (χ1) is 45.6. The summed E-state index contributed by atoms with van der Waals surface area (Å²) in [6, 6.07) is 51.1. The highest BCUT2D eigenvalue weighted by Gasteiger charge is 2.29. The second-order valence-corrected chi connectivity index (χ2v) is 28.5. The normalized spacial score (nSPS) is 14.8. The minimum Gasteiger partial charge on any atom is -0.458 e. The average molecular weight is 1150 g/mol. The number of imidazole rings is 1. The van der Waals surface area contributed by atoms with Gasteiger partial charge in [-0.3, -0.25) is 13.7 Å². The number of aryl methyl sites for hydroxylation is 2. The summed E-state index contributed by atoms with van der Waals surface area (Å²) in [5.41, 5.74) is 11.6. The Labute approximate surface area is 532 Å². The Bertz CT molecular complexity index is 4970. The van der Waals surface area contributed by atoms with Crippen molar-refractivity contribution in [2.75, 3.05) is 0 Å². The highest BCUT2D eigenvalue weighted by Crippen LogP contribution is 2.45. The molecule has 0 aliphatic rings. The summed E-state index contributed by atoms with van der Waals surface area (Å²) >= 11 is 0. The van der Waals surface area contributed by atoms with Gasteiger partial charge in [0.15, 0.2) is 0 Å². The van der Waals surface area contributed by atoms with Crippen molar-refractivity contribution in [2.45, 2.75) is 145 Å². The van der Waals surface area contributed by atoms with Gasteiger partial charge in [0.25, 0.3) is 6.33 Å². The molecule has 9 aromatic carbocycles. The van der Waals surface area contributed by atoms with E-state index in [2.05, 4.69) is 181 Å². The second kappa shape index (κ2) is 21.6. The third-order valence-corrected chi connectivity index (χ3v) is 16.9. The molecule has 5 heteroatoms. The minimum atomic E-state index is -2.71. The van der Waals surface area contributed by atoms with Crippen LogP contribution in [0.5, 0.6) is 11.5 Å². The molecule has 12 aromatic rings. The topological polar surface area (TPSA) is 35.9 Å². The van der Waals surface area contributed by atoms with Crippen LogP contribution in [0.25, 0.3) is 94.5 Å². The van der Waals surface area contributed by atoms with Crippen molar-refractivity contribution >= 4 is 32.8 Å². The maximum atomic E-state index is 9.56. The van der Waals surface area contributed by atoms with E-state index < -0.39 is 31.8 Å². The molecular weight excluding hydrogens is 1060 g/mol. The monoisotopic (exact) mass is 1150 g/mol. The van der Waals surface area contributed by atoms with Crippen LogP contribution in [0.4, 0.5) is 0 Å². The summed E-state index contributed by atoms with van der Waals surface area (Å²) in [5.74, 6) is 1.83. The van der Waals surface area contributed by atoms with Gasteiger partial charge in [-0.05, 0) is 191 Å². The lowest BCUT2D eigenvalue weighted by molar-refractivity contribution is -0.571. The van der Waals surface area contributed by atoms with Crippen molar-refractivity contribution in [2.24, 2.45) is 0 Å². The molecule has 0 N–H and O–H groups in total. The van der Waals surface area contributed by atoms with E-state index in [1.807, 2.05) is 88.1 Å². The van der Waals surface area contributed by atoms with E-state index in [9.17, 15) is 2.74 Å². The van der Waals surface area contributed by atoms with Crippen LogP contribution in [0, 0.1) is 20.0 Å². The fourth-order valence-corrected chi connectivity index (χ4v) is 11.7. The van der Waals surface area contributed by atoms with Crippen molar-refractivity contribution in [1.29, 1.82) is 0 Å². The molecule has 0 saturated carbocycles. The summed E-state index contributed by atoms with van der Waals surface area (Å²) in [5, 5.41) is 2.09. The van der Waals surface area contributed by atoms with E-state index in [0.29, 0.717) is 56.2 Å². The number of benzene rings is 9. The van der Waals surface area contributed by atoms with Crippen LogP contribution in [-0.4, -0.2) is 14.1 Å². The smallest absolute Gasteiger partial charge is 0.269 e. The van der Waals surface area contributed by atoms with Crippen LogP contribution in [0.3, 0.4) is 0 Å². The van der Waals surface area contributed by atoms with Crippen LogP contribution < -0.4 is 9.30 Å². The molecule has 0 unspecified atom stereocenters. The zero-order valence-corrected chi connectivity index (χ0v) is 52.9. The maximum Gasteiger partial charge on any atom is 0.269 e. The molecule has 0 saturated heterocycles. The summed E-state index contributed by atoms with van der Waals surface area (Å²) < 4.78 is 112. The van der Waals surface area contributed by atoms with Gasteiger partial charge >= 0.3 is 0 Å². The molecule has 3 heterocycles. The fraction of sp³-hybridized carbons (Fsp3) is 0.268. The van der Waals surface area contributed by atoms with Crippen LogP contribution in [-0.2, 0) is 27.1 Å². The predicted octanol–water partition coefficient (Wildman–Crippen LogP) is 21.8. The molecule has 3 aromatic heterocycles. The zero-order chi connectivity index (χ0) is 71.1. The lowest BCUT2D eigenvalue weighted by Crippen LogP contribution is -2.32. The van der Waals surface area contributed by atoms with E-state index >= 15 is 0 Å². The first-order valence-electron chi connectivity index (χ1n) is 35.6. The third kappa shape index (κ3) is 11.3. The molecule has 0 aliphatic carbocycles. The maximum absolute atomic E-state index is 9.56. The molecule has 12 rings (SSSR count). The summed E-state index contributed by atoms with van der Waals surface area (Å²) in [7, 11) is 0. The molecule has 0 radical (unpaired) electrons. The largest absolute Gasteiger partial charge is 0.458 e. The Morgan fingerprint density at radius 2 is 1.01 bits per heavy atom. The van der Waals surface area contributed by atoms with Crippen molar-refractivity contribution in [3.05, 3.63) is 245 Å². The highest BCUT2D eigenvalue weighted by atomic mass is 16.5. The van der Waals surface area contributed by atoms with E-state index in [1.54, 1.807) is 6.07 Å². The quantitative estimate of drug-likeness (QED) is 0.107. The zero-order valence-electron chi connectivity index (χ0n) is 63.9. The molecule has 0 amide bonds. The molecule has 87 heavy (non-hydrogen) atoms. The second-order valence-electron chi connectivity index (χ2n) is 28.5. The molecule has 0 bridgehead atoms. The average Bonchev–Trinajstić information content (AvgIpc) is 1.48. The first kappa shape index (κ1) is 46.4. The third-order valence-electron chi connectivity index (χ3n) is 16.9. The molecule has 0 spiro atoms. The van der Waals surface area contributed by atoms with E-state index in [1.165, 1.54) is 18.2 Å². The van der Waals surface area contributed by atoms with Gasteiger partial charge < -0.3 is 4.74 Å². The lowest BCUT2D eigenvalue weighted by atomic mass is 9.77. The number of aromatic nitrogens is 4. The van der Waals surface area contributed by atoms with E-state index in [-0.39, 0.29) is 61.4 Å². The minimum absolute atomic E-state index is 0.0407. The predicted molar refractivity (Wildman–Crippen MR) is 367 cm³/mol. The van der Waals surface area contributed by atoms with Crippen molar-refractivity contribution < 1.29 is 24.4 Å². The standard InChI is InChI=1S/C82H84N4O/c1-52-25-23-26-53(2)76(52)55-33-36-72-74(45-55)84(64-29-24-30-65(49-64)87-66-34-35-68-67-31-21-22-32-71(67)86(73(68)50-66)75-48-59(37-38-83-75)78(3,4)5)51-85(72)77-69(57-39-60(79(6,7)8)46-61(40-57)80(9,10)11)43-56(54-27-19-18-20-28-54)44-70(77)58-41-62(81(12,13)14)47-63(42-58)82(15,16)17/h18-50H,1-17H3/i1D3,2D3,18D,19D,20D,27D,28D. The number of ether oxygens (including phenoxy) is 1. The number of hydrogen-bond donors (Lipinski definition) is 0. The first-order valence-corrected chi connectivity index (χ1v) is 30.1. The number of hydrogen-bond acceptors (Lipinski definition) is 2. The van der Waals surface area contributed by atoms with Gasteiger partial charge in [0.2, 0.25) is 0 Å². The van der Waals surface area contributed by atoms with Gasteiger partial charge in [-0.25, -0.2) is 4.98 Å². The van der Waals surface area contributed by atoms with Crippen molar-refractivity contribution in [3.63, 3.8) is 0 Å². The molecule has 5 nitrogen and oxygen atoms in total. The molecule has 0 atom stereocenters. The summed E-state index contributed by atoms with van der Waals surface area (Å²) in [4.78, 5) is 4.92. The van der Waals surface area contributed by atoms with Crippen LogP contribution in [0.15, 0.2) is 200 Å². The summed E-state index contributed by atoms with van der Waals surface area (Å²) in [6.45, 7) is 27.3. The van der Waals surface area contributed by atoms with Gasteiger partial charge in [-0.15, -0.1) is 0 Å². The number of nitrogens with zero attached hydrogens (tertiary/aromatic N) is 4. The van der Waals surface area contributed by atoms with E-state index in [0.717, 1.165) is 66.6 Å². The van der Waals surface area contributed by atoms with Crippen molar-refractivity contribution in [3.8, 4) is 73.2 Å². The van der Waals surface area contributed by atoms with Gasteiger partial charge in [-0.1, -0.05) is 225 Å². The number of para-hydroxylation sites is 1. The Morgan fingerprint density at radius 1 is 0.448 bits per heavy atom. The molecular formula is C82H84N4O.